The highest BCUT2D eigenvalue weighted by Crippen LogP contribution is 1.88. The highest BCUT2D eigenvalue weighted by atomic mass is 16.2. The van der Waals surface area contributed by atoms with Gasteiger partial charge in [-0.1, -0.05) is 13.2 Å². The van der Waals surface area contributed by atoms with E-state index in [1.807, 2.05) is 0 Å². The average molecular weight is 166 g/mol. The minimum absolute atomic E-state index is 0.186. The molecule has 0 radical (unpaired) electrons. The Bertz CT molecular complexity index is 225. The highest BCUT2D eigenvalue weighted by molar-refractivity contribution is 5.81. The van der Waals surface area contributed by atoms with Crippen molar-refractivity contribution in [2.75, 3.05) is 6.54 Å². The highest BCUT2D eigenvalue weighted by Gasteiger charge is 2.04. The summed E-state index contributed by atoms with van der Waals surface area (Å²) in [5.41, 5.74) is 8.63. The van der Waals surface area contributed by atoms with Gasteiger partial charge in [0.15, 0.2) is 0 Å². The number of nitrogens with two attached hydrogens (primary N) is 1. The number of hydrogen-bond acceptors (Lipinski definition) is 2. The fraction of sp³-hybridized carbons (Fsp3) is 0.333. The van der Waals surface area contributed by atoms with E-state index in [0.29, 0.717) is 6.54 Å². The maximum absolute atomic E-state index is 10.9. The predicted octanol–water partition coefficient (Wildman–Crippen LogP) is 0.347. The molecule has 0 heterocycles. The number of nitrogens with one attached hydrogen (secondary N) is 1. The molecule has 0 aromatic carbocycles. The van der Waals surface area contributed by atoms with Gasteiger partial charge in [0, 0.05) is 6.54 Å². The molecule has 3 N–H and O–H groups in total. The van der Waals surface area contributed by atoms with Gasteiger partial charge in [0.2, 0.25) is 5.91 Å². The Balaban J connectivity index is 3.76. The van der Waals surface area contributed by atoms with Crippen molar-refractivity contribution in [3.05, 3.63) is 30.5 Å². The summed E-state index contributed by atoms with van der Waals surface area (Å²) in [6, 6.07) is -0.481. The maximum Gasteiger partial charge on any atom is 0.236 e. The van der Waals surface area contributed by atoms with E-state index in [2.05, 4.69) is 24.2 Å². The van der Waals surface area contributed by atoms with Crippen molar-refractivity contribution in [3.8, 4) is 0 Å². The van der Waals surface area contributed by atoms with Crippen molar-refractivity contribution in [2.45, 2.75) is 13.0 Å². The molecule has 0 bridgehead atoms. The van der Waals surface area contributed by atoms with Crippen molar-refractivity contribution >= 4 is 5.91 Å². The number of carbonyl (C=O) groups is 1. The lowest BCUT2D eigenvalue weighted by atomic mass is 10.2. The molecule has 3 heteroatoms. The molecule has 0 aliphatic rings. The molecular weight excluding hydrogens is 152 g/mol. The van der Waals surface area contributed by atoms with Crippen LogP contribution in [0.25, 0.3) is 0 Å². The normalized spacial score (nSPS) is 11.2. The van der Waals surface area contributed by atoms with Crippen molar-refractivity contribution in [1.82, 2.24) is 5.32 Å². The zero-order valence-corrected chi connectivity index (χ0v) is 7.26. The lowest BCUT2D eigenvalue weighted by molar-refractivity contribution is -0.121. The molecule has 0 spiro atoms. The first kappa shape index (κ1) is 10.7. The fourth-order valence-electron chi connectivity index (χ4n) is 0.557. The molecule has 0 aliphatic carbocycles. The van der Waals surface area contributed by atoms with E-state index in [1.165, 1.54) is 0 Å². The van der Waals surface area contributed by atoms with Crippen LogP contribution in [0.15, 0.2) is 30.5 Å². The van der Waals surface area contributed by atoms with Crippen LogP contribution in [0.3, 0.4) is 0 Å². The van der Waals surface area contributed by atoms with Gasteiger partial charge in [-0.05, 0) is 18.6 Å². The second-order valence-electron chi connectivity index (χ2n) is 2.51. The Morgan fingerprint density at radius 2 is 2.42 bits per heavy atom. The van der Waals surface area contributed by atoms with E-state index in [0.717, 1.165) is 5.57 Å². The number of rotatable bonds is 4. The Labute approximate surface area is 72.6 Å². The molecule has 0 saturated carbocycles. The van der Waals surface area contributed by atoms with Crippen molar-refractivity contribution in [3.63, 3.8) is 0 Å². The Kier molecular flexibility index (Phi) is 4.77. The minimum Gasteiger partial charge on any atom is -0.351 e. The average Bonchev–Trinajstić information content (AvgIpc) is 2.00. The van der Waals surface area contributed by atoms with Gasteiger partial charge in [0.05, 0.1) is 6.04 Å². The monoisotopic (exact) mass is 166 g/mol. The summed E-state index contributed by atoms with van der Waals surface area (Å²) in [6.07, 6.45) is 1.61. The lowest BCUT2D eigenvalue weighted by Crippen LogP contribution is -2.38. The summed E-state index contributed by atoms with van der Waals surface area (Å²) in [7, 11) is 0. The van der Waals surface area contributed by atoms with Crippen molar-refractivity contribution in [2.24, 2.45) is 5.73 Å². The van der Waals surface area contributed by atoms with Gasteiger partial charge < -0.3 is 11.1 Å². The molecular formula is C9H14N2O. The third kappa shape index (κ3) is 4.50. The van der Waals surface area contributed by atoms with E-state index in [9.17, 15) is 4.79 Å². The van der Waals surface area contributed by atoms with Crippen LogP contribution in [0.2, 0.25) is 0 Å². The smallest absolute Gasteiger partial charge is 0.236 e. The molecule has 0 aliphatic heterocycles. The SMILES string of the molecule is C=C=CC(=C)CNC(=O)C(C)N. The molecule has 1 unspecified atom stereocenters. The molecule has 0 aromatic heterocycles. The second kappa shape index (κ2) is 5.35. The third-order valence-electron chi connectivity index (χ3n) is 1.21. The van der Waals surface area contributed by atoms with Crippen LogP contribution in [0.1, 0.15) is 6.92 Å². The summed E-state index contributed by atoms with van der Waals surface area (Å²) in [5.74, 6) is -0.186. The van der Waals surface area contributed by atoms with E-state index in [-0.39, 0.29) is 5.91 Å². The standard InChI is InChI=1S/C9H14N2O/c1-4-5-7(2)6-11-9(12)8(3)10/h5,8H,1-2,6,10H2,3H3,(H,11,12). The number of carbonyl (C=O) groups excluding carboxylic acids is 1. The number of amides is 1. The van der Waals surface area contributed by atoms with Gasteiger partial charge in [0.25, 0.3) is 0 Å². The first-order chi connectivity index (χ1) is 5.57. The largest absolute Gasteiger partial charge is 0.351 e. The molecule has 3 nitrogen and oxygen atoms in total. The van der Waals surface area contributed by atoms with Gasteiger partial charge in [-0.25, -0.2) is 0 Å². The van der Waals surface area contributed by atoms with Crippen LogP contribution in [0, 0.1) is 0 Å². The van der Waals surface area contributed by atoms with Crippen molar-refractivity contribution < 1.29 is 4.79 Å². The summed E-state index contributed by atoms with van der Waals surface area (Å²) >= 11 is 0. The van der Waals surface area contributed by atoms with Gasteiger partial charge in [-0.3, -0.25) is 4.79 Å². The summed E-state index contributed by atoms with van der Waals surface area (Å²) in [5, 5.41) is 2.60. The van der Waals surface area contributed by atoms with Crippen LogP contribution in [-0.2, 0) is 4.79 Å². The quantitative estimate of drug-likeness (QED) is 0.467. The van der Waals surface area contributed by atoms with Crippen LogP contribution in [0.4, 0.5) is 0 Å². The molecule has 0 aromatic rings. The Morgan fingerprint density at radius 1 is 1.83 bits per heavy atom. The zero-order chi connectivity index (χ0) is 9.56. The van der Waals surface area contributed by atoms with Crippen LogP contribution < -0.4 is 11.1 Å². The third-order valence-corrected chi connectivity index (χ3v) is 1.21. The van der Waals surface area contributed by atoms with Gasteiger partial charge in [-0.2, -0.15) is 0 Å². The van der Waals surface area contributed by atoms with Crippen molar-refractivity contribution in [1.29, 1.82) is 0 Å². The van der Waals surface area contributed by atoms with E-state index in [4.69, 9.17) is 5.73 Å². The molecule has 0 fully saturated rings. The first-order valence-corrected chi connectivity index (χ1v) is 3.65. The topological polar surface area (TPSA) is 55.1 Å². The summed E-state index contributed by atoms with van der Waals surface area (Å²) in [4.78, 5) is 10.9. The van der Waals surface area contributed by atoms with E-state index in [1.54, 1.807) is 13.0 Å². The second-order valence-corrected chi connectivity index (χ2v) is 2.51. The molecule has 1 amide bonds. The van der Waals surface area contributed by atoms with Gasteiger partial charge >= 0.3 is 0 Å². The zero-order valence-electron chi connectivity index (χ0n) is 7.26. The van der Waals surface area contributed by atoms with Crippen LogP contribution in [0.5, 0.6) is 0 Å². The van der Waals surface area contributed by atoms with Gasteiger partial charge in [-0.15, -0.1) is 5.73 Å². The molecule has 0 rings (SSSR count). The predicted molar refractivity (Wildman–Crippen MR) is 49.5 cm³/mol. The van der Waals surface area contributed by atoms with Crippen LogP contribution >= 0.6 is 0 Å². The van der Waals surface area contributed by atoms with E-state index >= 15 is 0 Å². The molecule has 66 valence electrons. The first-order valence-electron chi connectivity index (χ1n) is 3.65. The van der Waals surface area contributed by atoms with Crippen LogP contribution in [-0.4, -0.2) is 18.5 Å². The fourth-order valence-corrected chi connectivity index (χ4v) is 0.557. The van der Waals surface area contributed by atoms with Gasteiger partial charge in [0.1, 0.15) is 0 Å². The lowest BCUT2D eigenvalue weighted by Gasteiger charge is -2.06. The molecule has 1 atom stereocenters. The maximum atomic E-state index is 10.9. The Morgan fingerprint density at radius 3 is 2.83 bits per heavy atom. The van der Waals surface area contributed by atoms with E-state index < -0.39 is 6.04 Å². The summed E-state index contributed by atoms with van der Waals surface area (Å²) < 4.78 is 0. The summed E-state index contributed by atoms with van der Waals surface area (Å²) in [6.45, 7) is 9.06. The number of hydrogen-bond donors (Lipinski definition) is 2. The minimum atomic E-state index is -0.481. The molecule has 0 saturated heterocycles. The Hall–Kier alpha value is -1.31. The molecule has 12 heavy (non-hydrogen) atoms.